The quantitative estimate of drug-likeness (QED) is 0.177. The van der Waals surface area contributed by atoms with E-state index in [2.05, 4.69) is 22.2 Å². The van der Waals surface area contributed by atoms with Crippen LogP contribution in [-0.2, 0) is 15.3 Å². The second kappa shape index (κ2) is 11.4. The van der Waals surface area contributed by atoms with E-state index in [0.717, 1.165) is 9.28 Å². The molecule has 0 unspecified atom stereocenters. The minimum Gasteiger partial charge on any atom is -0.466 e. The number of hydrogen-bond donors (Lipinski definition) is 0. The summed E-state index contributed by atoms with van der Waals surface area (Å²) in [5, 5.41) is 3.28. The molecule has 0 amide bonds. The molecule has 0 aliphatic heterocycles. The van der Waals surface area contributed by atoms with E-state index in [1.807, 2.05) is 18.2 Å². The fourth-order valence-electron chi connectivity index (χ4n) is 1.29. The first-order chi connectivity index (χ1) is 10.2. The maximum absolute atomic E-state index is 11.3. The Morgan fingerprint density at radius 1 is 1.33 bits per heavy atom. The van der Waals surface area contributed by atoms with Crippen molar-refractivity contribution in [3.05, 3.63) is 46.3 Å². The molecule has 0 aliphatic carbocycles. The lowest BCUT2D eigenvalue weighted by atomic mass is 10.2. The van der Waals surface area contributed by atoms with Crippen LogP contribution in [0.5, 0.6) is 0 Å². The zero-order valence-electron chi connectivity index (χ0n) is 11.3. The van der Waals surface area contributed by atoms with Crippen molar-refractivity contribution >= 4 is 45.2 Å². The maximum atomic E-state index is 11.3. The smallest absolute Gasteiger partial charge is 0.306 e. The van der Waals surface area contributed by atoms with Gasteiger partial charge < -0.3 is 4.74 Å². The fourth-order valence-corrected chi connectivity index (χ4v) is 3.39. The van der Waals surface area contributed by atoms with Crippen LogP contribution in [0.25, 0.3) is 10.4 Å². The Kier molecular flexibility index (Phi) is 9.73. The molecule has 0 saturated heterocycles. The summed E-state index contributed by atoms with van der Waals surface area (Å²) in [5.41, 5.74) is 9.29. The SMILES string of the molecule is [N-]=[N+]=NCCOC(=O)CCSC(=S)SCc1ccccc1. The lowest BCUT2D eigenvalue weighted by molar-refractivity contribution is -0.142. The molecule has 8 heteroatoms. The summed E-state index contributed by atoms with van der Waals surface area (Å²) in [6.45, 7) is 0.293. The summed E-state index contributed by atoms with van der Waals surface area (Å²) in [6.07, 6.45) is 0.299. The number of hydrogen-bond acceptors (Lipinski definition) is 6. The summed E-state index contributed by atoms with van der Waals surface area (Å²) in [5.74, 6) is 1.14. The van der Waals surface area contributed by atoms with E-state index in [-0.39, 0.29) is 19.1 Å². The molecule has 0 N–H and O–H groups in total. The molecule has 0 aliphatic rings. The Balaban J connectivity index is 2.07. The van der Waals surface area contributed by atoms with Gasteiger partial charge in [-0.2, -0.15) is 0 Å². The zero-order valence-corrected chi connectivity index (χ0v) is 13.8. The van der Waals surface area contributed by atoms with Gasteiger partial charge in [-0.25, -0.2) is 0 Å². The number of benzene rings is 1. The van der Waals surface area contributed by atoms with Gasteiger partial charge in [0.25, 0.3) is 0 Å². The topological polar surface area (TPSA) is 75.1 Å². The van der Waals surface area contributed by atoms with Crippen LogP contribution in [0.1, 0.15) is 12.0 Å². The molecule has 0 saturated carbocycles. The fraction of sp³-hybridized carbons (Fsp3) is 0.385. The van der Waals surface area contributed by atoms with Crippen molar-refractivity contribution in [1.29, 1.82) is 0 Å². The Morgan fingerprint density at radius 3 is 2.81 bits per heavy atom. The largest absolute Gasteiger partial charge is 0.466 e. The molecule has 0 atom stereocenters. The molecule has 1 rings (SSSR count). The molecule has 1 aromatic rings. The predicted octanol–water partition coefficient (Wildman–Crippen LogP) is 4.18. The summed E-state index contributed by atoms with van der Waals surface area (Å²) >= 11 is 8.32. The minimum atomic E-state index is -0.300. The van der Waals surface area contributed by atoms with Crippen LogP contribution in [0.2, 0.25) is 0 Å². The van der Waals surface area contributed by atoms with E-state index in [9.17, 15) is 4.79 Å². The summed E-state index contributed by atoms with van der Waals surface area (Å²) in [7, 11) is 0. The molecular weight excluding hydrogens is 326 g/mol. The van der Waals surface area contributed by atoms with Gasteiger partial charge in [0, 0.05) is 16.4 Å². The second-order valence-corrected chi connectivity index (χ2v) is 7.07. The average molecular weight is 341 g/mol. The highest BCUT2D eigenvalue weighted by atomic mass is 32.2. The highest BCUT2D eigenvalue weighted by Crippen LogP contribution is 2.22. The van der Waals surface area contributed by atoms with Crippen molar-refractivity contribution in [2.45, 2.75) is 12.2 Å². The molecular formula is C13H15N3O2S3. The van der Waals surface area contributed by atoms with E-state index in [0.29, 0.717) is 12.2 Å². The number of carbonyl (C=O) groups is 1. The molecule has 0 radical (unpaired) electrons. The molecule has 0 fully saturated rings. The number of thioether (sulfide) groups is 2. The van der Waals surface area contributed by atoms with Crippen LogP contribution in [0.4, 0.5) is 0 Å². The summed E-state index contributed by atoms with van der Waals surface area (Å²) in [6, 6.07) is 10.1. The molecule has 0 spiro atoms. The van der Waals surface area contributed by atoms with Gasteiger partial charge in [-0.15, -0.1) is 23.5 Å². The molecule has 112 valence electrons. The number of rotatable bonds is 8. The van der Waals surface area contributed by atoms with Gasteiger partial charge in [0.05, 0.1) is 19.6 Å². The zero-order chi connectivity index (χ0) is 15.3. The monoisotopic (exact) mass is 341 g/mol. The van der Waals surface area contributed by atoms with Gasteiger partial charge in [-0.05, 0) is 11.1 Å². The average Bonchev–Trinajstić information content (AvgIpc) is 2.50. The van der Waals surface area contributed by atoms with Gasteiger partial charge in [0.1, 0.15) is 3.53 Å². The standard InChI is InChI=1S/C13H15N3O2S3/c14-16-15-7-8-18-12(17)6-9-20-13(19)21-10-11-4-2-1-3-5-11/h1-5H,6-10H2. The third-order valence-electron chi connectivity index (χ3n) is 2.24. The maximum Gasteiger partial charge on any atom is 0.306 e. The number of carbonyl (C=O) groups excluding carboxylic acids is 1. The lowest BCUT2D eigenvalue weighted by Gasteiger charge is -2.04. The molecule has 5 nitrogen and oxygen atoms in total. The van der Waals surface area contributed by atoms with Crippen LogP contribution in [0, 0.1) is 0 Å². The van der Waals surface area contributed by atoms with Gasteiger partial charge in [-0.3, -0.25) is 4.79 Å². The van der Waals surface area contributed by atoms with E-state index in [1.165, 1.54) is 17.3 Å². The number of nitrogens with zero attached hydrogens (tertiary/aromatic N) is 3. The second-order valence-electron chi connectivity index (χ2n) is 3.80. The van der Waals surface area contributed by atoms with E-state index >= 15 is 0 Å². The first-order valence-corrected chi connectivity index (χ1v) is 8.60. The Bertz CT molecular complexity index is 505. The van der Waals surface area contributed by atoms with Crippen LogP contribution in [0.3, 0.4) is 0 Å². The lowest BCUT2D eigenvalue weighted by Crippen LogP contribution is -2.08. The molecule has 0 aromatic heterocycles. The van der Waals surface area contributed by atoms with Crippen molar-refractivity contribution in [1.82, 2.24) is 0 Å². The Morgan fingerprint density at radius 2 is 2.10 bits per heavy atom. The minimum absolute atomic E-state index is 0.126. The van der Waals surface area contributed by atoms with Crippen molar-refractivity contribution in [2.24, 2.45) is 5.11 Å². The van der Waals surface area contributed by atoms with E-state index in [1.54, 1.807) is 11.8 Å². The van der Waals surface area contributed by atoms with Crippen LogP contribution in [-0.4, -0.2) is 28.4 Å². The third-order valence-corrected chi connectivity index (χ3v) is 5.01. The molecule has 0 bridgehead atoms. The van der Waals surface area contributed by atoms with Crippen LogP contribution in [0.15, 0.2) is 35.4 Å². The highest BCUT2D eigenvalue weighted by molar-refractivity contribution is 8.46. The molecule has 1 aromatic carbocycles. The predicted molar refractivity (Wildman–Crippen MR) is 92.4 cm³/mol. The molecule has 0 heterocycles. The van der Waals surface area contributed by atoms with Crippen molar-refractivity contribution in [3.8, 4) is 0 Å². The first-order valence-electron chi connectivity index (χ1n) is 6.22. The van der Waals surface area contributed by atoms with Gasteiger partial charge in [-0.1, -0.05) is 47.7 Å². The van der Waals surface area contributed by atoms with Crippen LogP contribution >= 0.6 is 35.7 Å². The van der Waals surface area contributed by atoms with E-state index < -0.39 is 0 Å². The van der Waals surface area contributed by atoms with Crippen molar-refractivity contribution < 1.29 is 9.53 Å². The first kappa shape index (κ1) is 17.8. The Hall–Kier alpha value is -1.21. The number of esters is 1. The van der Waals surface area contributed by atoms with Gasteiger partial charge in [0.2, 0.25) is 0 Å². The highest BCUT2D eigenvalue weighted by Gasteiger charge is 2.05. The third kappa shape index (κ3) is 9.36. The van der Waals surface area contributed by atoms with Gasteiger partial charge >= 0.3 is 5.97 Å². The molecule has 21 heavy (non-hydrogen) atoms. The van der Waals surface area contributed by atoms with Gasteiger partial charge in [0.15, 0.2) is 0 Å². The summed E-state index contributed by atoms with van der Waals surface area (Å²) < 4.78 is 5.71. The number of thiocarbonyl (C=S) groups is 1. The normalized spacial score (nSPS) is 9.71. The van der Waals surface area contributed by atoms with E-state index in [4.69, 9.17) is 22.5 Å². The Labute approximate surface area is 137 Å². The van der Waals surface area contributed by atoms with Crippen molar-refractivity contribution in [3.63, 3.8) is 0 Å². The number of azide groups is 1. The summed E-state index contributed by atoms with van der Waals surface area (Å²) in [4.78, 5) is 13.9. The van der Waals surface area contributed by atoms with Crippen LogP contribution < -0.4 is 0 Å². The van der Waals surface area contributed by atoms with Crippen molar-refractivity contribution in [2.75, 3.05) is 18.9 Å². The number of ether oxygens (including phenoxy) is 1.